The number of hydrogen-bond donors (Lipinski definition) is 1. The summed E-state index contributed by atoms with van der Waals surface area (Å²) in [5.41, 5.74) is 3.01. The lowest BCUT2D eigenvalue weighted by atomic mass is 10.1. The Labute approximate surface area is 172 Å². The number of hydrogen-bond acceptors (Lipinski definition) is 3. The molecule has 2 aromatic carbocycles. The van der Waals surface area contributed by atoms with Gasteiger partial charge >= 0.3 is 0 Å². The third-order valence-electron chi connectivity index (χ3n) is 4.32. The highest BCUT2D eigenvalue weighted by molar-refractivity contribution is 9.10. The molecule has 1 aromatic heterocycles. The number of furan rings is 1. The summed E-state index contributed by atoms with van der Waals surface area (Å²) < 4.78 is 6.75. The van der Waals surface area contributed by atoms with Crippen LogP contribution in [0.3, 0.4) is 0 Å². The smallest absolute Gasteiger partial charge is 0.262 e. The molecule has 5 heteroatoms. The molecular formula is C23H19BrN2O2. The first-order valence-electron chi connectivity index (χ1n) is 8.82. The molecule has 0 saturated carbocycles. The molecule has 28 heavy (non-hydrogen) atoms. The minimum Gasteiger partial charge on any atom is -0.457 e. The normalized spacial score (nSPS) is 12.3. The highest BCUT2D eigenvalue weighted by Crippen LogP contribution is 2.31. The predicted octanol–water partition coefficient (Wildman–Crippen LogP) is 5.80. The third-order valence-corrected chi connectivity index (χ3v) is 4.97. The summed E-state index contributed by atoms with van der Waals surface area (Å²) in [6.07, 6.45) is 1.46. The summed E-state index contributed by atoms with van der Waals surface area (Å²) in [7, 11) is 0. The number of amides is 1. The minimum absolute atomic E-state index is 0.00773. The minimum atomic E-state index is -0.437. The Morgan fingerprint density at radius 1 is 1.18 bits per heavy atom. The quantitative estimate of drug-likeness (QED) is 0.407. The second-order valence-corrected chi connectivity index (χ2v) is 7.32. The lowest BCUT2D eigenvalue weighted by molar-refractivity contribution is -0.117. The van der Waals surface area contributed by atoms with E-state index in [1.165, 1.54) is 6.08 Å². The van der Waals surface area contributed by atoms with E-state index in [1.807, 2.05) is 74.5 Å². The van der Waals surface area contributed by atoms with Crippen LogP contribution in [0.1, 0.15) is 29.9 Å². The Hall–Kier alpha value is -3.10. The maximum Gasteiger partial charge on any atom is 0.262 e. The van der Waals surface area contributed by atoms with Gasteiger partial charge in [-0.3, -0.25) is 4.79 Å². The highest BCUT2D eigenvalue weighted by atomic mass is 79.9. The van der Waals surface area contributed by atoms with Crippen molar-refractivity contribution in [2.24, 2.45) is 0 Å². The maximum atomic E-state index is 12.5. The van der Waals surface area contributed by atoms with E-state index in [9.17, 15) is 10.1 Å². The number of rotatable bonds is 5. The number of carbonyl (C=O) groups excluding carboxylic acids is 1. The molecule has 0 radical (unpaired) electrons. The third kappa shape index (κ3) is 4.59. The van der Waals surface area contributed by atoms with Crippen LogP contribution in [0.25, 0.3) is 17.4 Å². The van der Waals surface area contributed by atoms with E-state index < -0.39 is 5.91 Å². The van der Waals surface area contributed by atoms with Crippen LogP contribution in [0.2, 0.25) is 0 Å². The summed E-state index contributed by atoms with van der Waals surface area (Å²) >= 11 is 3.54. The predicted molar refractivity (Wildman–Crippen MR) is 113 cm³/mol. The maximum absolute atomic E-state index is 12.5. The zero-order valence-corrected chi connectivity index (χ0v) is 17.2. The number of carbonyl (C=O) groups is 1. The topological polar surface area (TPSA) is 66.0 Å². The standard InChI is InChI=1S/C23H19BrN2O2/c1-15-8-10-20(21(24)12-15)22-11-9-19(28-22)13-18(14-25)23(27)26-16(2)17-6-4-3-5-7-17/h3-13,16H,1-2H3,(H,26,27)/b18-13+/t16-/m1/s1. The van der Waals surface area contributed by atoms with Crippen molar-refractivity contribution in [3.8, 4) is 17.4 Å². The van der Waals surface area contributed by atoms with Gasteiger partial charge in [0.15, 0.2) is 0 Å². The molecule has 1 heterocycles. The van der Waals surface area contributed by atoms with Gasteiger partial charge in [0, 0.05) is 16.1 Å². The van der Waals surface area contributed by atoms with Gasteiger partial charge in [0.2, 0.25) is 0 Å². The second-order valence-electron chi connectivity index (χ2n) is 6.46. The first kappa shape index (κ1) is 19.7. The van der Waals surface area contributed by atoms with E-state index in [2.05, 4.69) is 21.2 Å². The van der Waals surface area contributed by atoms with Gasteiger partial charge in [-0.25, -0.2) is 0 Å². The van der Waals surface area contributed by atoms with Crippen molar-refractivity contribution in [1.82, 2.24) is 5.32 Å². The van der Waals surface area contributed by atoms with Crippen molar-refractivity contribution >= 4 is 27.9 Å². The SMILES string of the molecule is Cc1ccc(-c2ccc(/C=C(\C#N)C(=O)N[C@H](C)c3ccccc3)o2)c(Br)c1. The van der Waals surface area contributed by atoms with Gasteiger partial charge in [-0.15, -0.1) is 0 Å². The molecule has 0 fully saturated rings. The molecule has 1 atom stereocenters. The number of nitriles is 1. The number of halogens is 1. The highest BCUT2D eigenvalue weighted by Gasteiger charge is 2.15. The van der Waals surface area contributed by atoms with Crippen LogP contribution in [0.4, 0.5) is 0 Å². The van der Waals surface area contributed by atoms with E-state index in [0.717, 1.165) is 21.2 Å². The fourth-order valence-electron chi connectivity index (χ4n) is 2.79. The summed E-state index contributed by atoms with van der Waals surface area (Å²) in [5, 5.41) is 12.3. The first-order valence-corrected chi connectivity index (χ1v) is 9.61. The van der Waals surface area contributed by atoms with Gasteiger partial charge in [0.05, 0.1) is 6.04 Å². The first-order chi connectivity index (χ1) is 13.5. The molecule has 0 aliphatic heterocycles. The van der Waals surface area contributed by atoms with Crippen molar-refractivity contribution < 1.29 is 9.21 Å². The number of nitrogens with zero attached hydrogens (tertiary/aromatic N) is 1. The largest absolute Gasteiger partial charge is 0.457 e. The molecule has 0 bridgehead atoms. The van der Waals surface area contributed by atoms with Gasteiger partial charge in [0.25, 0.3) is 5.91 Å². The molecule has 3 rings (SSSR count). The second kappa shape index (κ2) is 8.73. The van der Waals surface area contributed by atoms with Gasteiger partial charge in [0.1, 0.15) is 23.2 Å². The Balaban J connectivity index is 1.78. The molecule has 140 valence electrons. The Morgan fingerprint density at radius 2 is 1.93 bits per heavy atom. The molecule has 0 spiro atoms. The van der Waals surface area contributed by atoms with Crippen molar-refractivity contribution in [1.29, 1.82) is 5.26 Å². The van der Waals surface area contributed by atoms with Crippen LogP contribution in [0.15, 0.2) is 75.1 Å². The summed E-state index contributed by atoms with van der Waals surface area (Å²) in [6, 6.07) is 20.9. The molecule has 0 saturated heterocycles. The van der Waals surface area contributed by atoms with Gasteiger partial charge in [-0.1, -0.05) is 52.3 Å². The van der Waals surface area contributed by atoms with Crippen molar-refractivity contribution in [3.63, 3.8) is 0 Å². The van der Waals surface area contributed by atoms with E-state index in [-0.39, 0.29) is 11.6 Å². The van der Waals surface area contributed by atoms with Gasteiger partial charge < -0.3 is 9.73 Å². The average Bonchev–Trinajstić information content (AvgIpc) is 3.15. The summed E-state index contributed by atoms with van der Waals surface area (Å²) in [4.78, 5) is 12.5. The van der Waals surface area contributed by atoms with Crippen molar-refractivity contribution in [2.75, 3.05) is 0 Å². The van der Waals surface area contributed by atoms with Gasteiger partial charge in [-0.05, 0) is 49.2 Å². The Morgan fingerprint density at radius 3 is 2.61 bits per heavy atom. The molecule has 0 aliphatic carbocycles. The van der Waals surface area contributed by atoms with E-state index in [4.69, 9.17) is 4.42 Å². The van der Waals surface area contributed by atoms with Crippen LogP contribution in [-0.4, -0.2) is 5.91 Å². The molecule has 0 unspecified atom stereocenters. The Bertz CT molecular complexity index is 1060. The molecule has 0 aliphatic rings. The fourth-order valence-corrected chi connectivity index (χ4v) is 3.47. The fraction of sp³-hybridized carbons (Fsp3) is 0.130. The van der Waals surface area contributed by atoms with E-state index >= 15 is 0 Å². The molecule has 1 N–H and O–H groups in total. The van der Waals surface area contributed by atoms with Crippen LogP contribution < -0.4 is 5.32 Å². The lowest BCUT2D eigenvalue weighted by Crippen LogP contribution is -2.27. The zero-order chi connectivity index (χ0) is 20.1. The van der Waals surface area contributed by atoms with Crippen molar-refractivity contribution in [3.05, 3.63) is 87.6 Å². The molecule has 4 nitrogen and oxygen atoms in total. The van der Waals surface area contributed by atoms with Gasteiger partial charge in [-0.2, -0.15) is 5.26 Å². The molecular weight excluding hydrogens is 416 g/mol. The van der Waals surface area contributed by atoms with Crippen LogP contribution in [0, 0.1) is 18.3 Å². The molecule has 1 amide bonds. The number of aryl methyl sites for hydroxylation is 1. The number of nitrogens with one attached hydrogen (secondary N) is 1. The molecule has 3 aromatic rings. The lowest BCUT2D eigenvalue weighted by Gasteiger charge is -2.13. The van der Waals surface area contributed by atoms with E-state index in [1.54, 1.807) is 6.07 Å². The Kier molecular flexibility index (Phi) is 6.13. The summed E-state index contributed by atoms with van der Waals surface area (Å²) in [5.74, 6) is 0.670. The number of benzene rings is 2. The zero-order valence-electron chi connectivity index (χ0n) is 15.6. The van der Waals surface area contributed by atoms with Crippen molar-refractivity contribution in [2.45, 2.75) is 19.9 Å². The summed E-state index contributed by atoms with van der Waals surface area (Å²) in [6.45, 7) is 3.89. The van der Waals surface area contributed by atoms with Crippen LogP contribution in [0.5, 0.6) is 0 Å². The van der Waals surface area contributed by atoms with Crippen LogP contribution in [-0.2, 0) is 4.79 Å². The average molecular weight is 435 g/mol. The van der Waals surface area contributed by atoms with Crippen LogP contribution >= 0.6 is 15.9 Å². The monoisotopic (exact) mass is 434 g/mol. The van der Waals surface area contributed by atoms with E-state index in [0.29, 0.717) is 11.5 Å².